The Bertz CT molecular complexity index is 716. The molecule has 1 aromatic rings. The second-order valence-electron chi connectivity index (χ2n) is 6.55. The topological polar surface area (TPSA) is 110 Å². The maximum Gasteiger partial charge on any atom is 0.238 e. The monoisotopic (exact) mass is 367 g/mol. The molecule has 1 aromatic carbocycles. The van der Waals surface area contributed by atoms with Gasteiger partial charge in [-0.15, -0.1) is 0 Å². The number of carbonyl (C=O) groups excluding carboxylic acids is 2. The Morgan fingerprint density at radius 2 is 1.96 bits per heavy atom. The molecule has 0 radical (unpaired) electrons. The minimum atomic E-state index is -3.69. The fraction of sp³-hybridized carbons (Fsp3) is 0.529. The lowest BCUT2D eigenvalue weighted by Gasteiger charge is -2.30. The number of hydrogen-bond acceptors (Lipinski definition) is 4. The number of primary sulfonamides is 1. The molecule has 1 saturated heterocycles. The third-order valence-electron chi connectivity index (χ3n) is 4.31. The highest BCUT2D eigenvalue weighted by Gasteiger charge is 2.22. The van der Waals surface area contributed by atoms with Crippen molar-refractivity contribution in [1.29, 1.82) is 0 Å². The fourth-order valence-corrected chi connectivity index (χ4v) is 3.44. The van der Waals surface area contributed by atoms with E-state index >= 15 is 0 Å². The van der Waals surface area contributed by atoms with Crippen molar-refractivity contribution < 1.29 is 18.0 Å². The number of nitrogens with two attached hydrogens (primary N) is 1. The van der Waals surface area contributed by atoms with Gasteiger partial charge in [0, 0.05) is 19.6 Å². The lowest BCUT2D eigenvalue weighted by molar-refractivity contribution is -0.137. The highest BCUT2D eigenvalue weighted by atomic mass is 32.2. The van der Waals surface area contributed by atoms with Crippen molar-refractivity contribution in [3.05, 3.63) is 29.8 Å². The number of sulfonamides is 1. The number of hydrogen-bond donors (Lipinski definition) is 2. The summed E-state index contributed by atoms with van der Waals surface area (Å²) in [5, 5.41) is 7.77. The van der Waals surface area contributed by atoms with Crippen molar-refractivity contribution in [2.45, 2.75) is 37.5 Å². The van der Waals surface area contributed by atoms with Gasteiger partial charge >= 0.3 is 0 Å². The van der Waals surface area contributed by atoms with Crippen molar-refractivity contribution in [2.75, 3.05) is 19.6 Å². The Morgan fingerprint density at radius 1 is 1.28 bits per heavy atom. The SMILES string of the molecule is CC1CCCN(C(=O)CC(=O)NCCc2ccc(S(N)(=O)=O)cc2)C1. The minimum Gasteiger partial charge on any atom is -0.355 e. The molecule has 0 saturated carbocycles. The number of likely N-dealkylation sites (tertiary alicyclic amines) is 1. The quantitative estimate of drug-likeness (QED) is 0.719. The van der Waals surface area contributed by atoms with Gasteiger partial charge in [-0.25, -0.2) is 13.6 Å². The van der Waals surface area contributed by atoms with Crippen LogP contribution in [0, 0.1) is 5.92 Å². The van der Waals surface area contributed by atoms with Crippen LogP contribution in [0.5, 0.6) is 0 Å². The first kappa shape index (κ1) is 19.4. The number of amides is 2. The van der Waals surface area contributed by atoms with Crippen molar-refractivity contribution in [3.8, 4) is 0 Å². The second kappa shape index (κ2) is 8.44. The van der Waals surface area contributed by atoms with E-state index in [-0.39, 0.29) is 23.1 Å². The average molecular weight is 367 g/mol. The Balaban J connectivity index is 1.74. The van der Waals surface area contributed by atoms with Gasteiger partial charge in [-0.2, -0.15) is 0 Å². The predicted octanol–water partition coefficient (Wildman–Crippen LogP) is 0.641. The van der Waals surface area contributed by atoms with E-state index in [1.54, 1.807) is 17.0 Å². The van der Waals surface area contributed by atoms with Crippen LogP contribution >= 0.6 is 0 Å². The summed E-state index contributed by atoms with van der Waals surface area (Å²) in [6.45, 7) is 3.95. The molecule has 1 fully saturated rings. The summed E-state index contributed by atoms with van der Waals surface area (Å²) in [6, 6.07) is 6.19. The van der Waals surface area contributed by atoms with E-state index in [2.05, 4.69) is 12.2 Å². The van der Waals surface area contributed by atoms with Crippen LogP contribution in [0.25, 0.3) is 0 Å². The number of carbonyl (C=O) groups is 2. The summed E-state index contributed by atoms with van der Waals surface area (Å²) >= 11 is 0. The number of nitrogens with one attached hydrogen (secondary N) is 1. The maximum atomic E-state index is 12.1. The first-order chi connectivity index (χ1) is 11.8. The molecular formula is C17H25N3O4S. The molecule has 1 unspecified atom stereocenters. The average Bonchev–Trinajstić information content (AvgIpc) is 2.54. The largest absolute Gasteiger partial charge is 0.355 e. The van der Waals surface area contributed by atoms with Gasteiger partial charge in [0.25, 0.3) is 0 Å². The van der Waals surface area contributed by atoms with E-state index in [0.717, 1.165) is 31.5 Å². The summed E-state index contributed by atoms with van der Waals surface area (Å²) in [5.41, 5.74) is 0.879. The molecule has 1 aliphatic heterocycles. The third-order valence-corrected chi connectivity index (χ3v) is 5.24. The normalized spacial score (nSPS) is 18.0. The zero-order valence-corrected chi connectivity index (χ0v) is 15.2. The van der Waals surface area contributed by atoms with Gasteiger partial charge in [0.2, 0.25) is 21.8 Å². The van der Waals surface area contributed by atoms with Gasteiger partial charge in [0.15, 0.2) is 0 Å². The van der Waals surface area contributed by atoms with Crippen LogP contribution < -0.4 is 10.5 Å². The van der Waals surface area contributed by atoms with E-state index in [0.29, 0.717) is 18.9 Å². The molecule has 2 amide bonds. The van der Waals surface area contributed by atoms with Crippen LogP contribution in [-0.4, -0.2) is 44.8 Å². The number of benzene rings is 1. The molecular weight excluding hydrogens is 342 g/mol. The highest BCUT2D eigenvalue weighted by molar-refractivity contribution is 7.89. The Morgan fingerprint density at radius 3 is 2.56 bits per heavy atom. The third kappa shape index (κ3) is 6.13. The van der Waals surface area contributed by atoms with Crippen LogP contribution in [0.2, 0.25) is 0 Å². The van der Waals surface area contributed by atoms with E-state index < -0.39 is 10.0 Å². The zero-order valence-electron chi connectivity index (χ0n) is 14.4. The van der Waals surface area contributed by atoms with Crippen LogP contribution in [0.4, 0.5) is 0 Å². The van der Waals surface area contributed by atoms with Gasteiger partial charge in [0.1, 0.15) is 6.42 Å². The van der Waals surface area contributed by atoms with Crippen LogP contribution in [-0.2, 0) is 26.0 Å². The molecule has 25 heavy (non-hydrogen) atoms. The summed E-state index contributed by atoms with van der Waals surface area (Å²) in [7, 11) is -3.69. The maximum absolute atomic E-state index is 12.1. The van der Waals surface area contributed by atoms with Gasteiger partial charge in [-0.05, 0) is 42.9 Å². The first-order valence-electron chi connectivity index (χ1n) is 8.42. The number of rotatable bonds is 6. The number of piperidine rings is 1. The Labute approximate surface area is 148 Å². The highest BCUT2D eigenvalue weighted by Crippen LogP contribution is 2.16. The van der Waals surface area contributed by atoms with Crippen molar-refractivity contribution in [1.82, 2.24) is 10.2 Å². The summed E-state index contributed by atoms with van der Waals surface area (Å²) in [5.74, 6) is 0.0759. The summed E-state index contributed by atoms with van der Waals surface area (Å²) < 4.78 is 22.4. The zero-order chi connectivity index (χ0) is 18.4. The van der Waals surface area contributed by atoms with E-state index in [1.165, 1.54) is 12.1 Å². The van der Waals surface area contributed by atoms with Gasteiger partial charge in [-0.1, -0.05) is 19.1 Å². The van der Waals surface area contributed by atoms with Gasteiger partial charge < -0.3 is 10.2 Å². The summed E-state index contributed by atoms with van der Waals surface area (Å²) in [6.07, 6.45) is 2.53. The van der Waals surface area contributed by atoms with Crippen LogP contribution in [0.1, 0.15) is 31.7 Å². The second-order valence-corrected chi connectivity index (χ2v) is 8.11. The van der Waals surface area contributed by atoms with Crippen molar-refractivity contribution in [2.24, 2.45) is 11.1 Å². The molecule has 2 rings (SSSR count). The lowest BCUT2D eigenvalue weighted by Crippen LogP contribution is -2.41. The van der Waals surface area contributed by atoms with Gasteiger partial charge in [-0.3, -0.25) is 9.59 Å². The molecule has 0 aliphatic carbocycles. The smallest absolute Gasteiger partial charge is 0.238 e. The predicted molar refractivity (Wildman–Crippen MR) is 94.1 cm³/mol. The first-order valence-corrected chi connectivity index (χ1v) is 9.96. The van der Waals surface area contributed by atoms with Crippen molar-refractivity contribution >= 4 is 21.8 Å². The molecule has 0 spiro atoms. The minimum absolute atomic E-state index is 0.0571. The molecule has 1 atom stereocenters. The van der Waals surface area contributed by atoms with Crippen LogP contribution in [0.15, 0.2) is 29.2 Å². The molecule has 0 bridgehead atoms. The van der Waals surface area contributed by atoms with Gasteiger partial charge in [0.05, 0.1) is 4.90 Å². The van der Waals surface area contributed by atoms with Crippen molar-refractivity contribution in [3.63, 3.8) is 0 Å². The molecule has 8 heteroatoms. The lowest BCUT2D eigenvalue weighted by atomic mass is 10.00. The van der Waals surface area contributed by atoms with E-state index in [9.17, 15) is 18.0 Å². The molecule has 0 aromatic heterocycles. The summed E-state index contributed by atoms with van der Waals surface area (Å²) in [4.78, 5) is 25.8. The molecule has 7 nitrogen and oxygen atoms in total. The molecule has 3 N–H and O–H groups in total. The molecule has 138 valence electrons. The van der Waals surface area contributed by atoms with E-state index in [1.807, 2.05) is 0 Å². The number of nitrogens with zero attached hydrogens (tertiary/aromatic N) is 1. The van der Waals surface area contributed by atoms with Crippen LogP contribution in [0.3, 0.4) is 0 Å². The molecule has 1 heterocycles. The Kier molecular flexibility index (Phi) is 6.55. The molecule has 1 aliphatic rings. The van der Waals surface area contributed by atoms with E-state index in [4.69, 9.17) is 5.14 Å². The fourth-order valence-electron chi connectivity index (χ4n) is 2.92. The Hall–Kier alpha value is -1.93. The standard InChI is InChI=1S/C17H25N3O4S/c1-13-3-2-10-20(12-13)17(22)11-16(21)19-9-8-14-4-6-15(7-5-14)25(18,23)24/h4-7,13H,2-3,8-12H2,1H3,(H,19,21)(H2,18,23,24).